The average molecular weight is 303 g/mol. The number of carbonyl (C=O) groups excluding carboxylic acids is 1. The topological polar surface area (TPSA) is 66.8 Å². The van der Waals surface area contributed by atoms with Crippen LogP contribution in [0.4, 0.5) is 0 Å². The lowest BCUT2D eigenvalue weighted by Crippen LogP contribution is -2.46. The normalized spacial score (nSPS) is 19.2. The molecule has 2 aliphatic rings. The highest BCUT2D eigenvalue weighted by Gasteiger charge is 2.40. The number of aromatic carboxylic acids is 1. The van der Waals surface area contributed by atoms with E-state index in [0.717, 1.165) is 30.4 Å². The lowest BCUT2D eigenvalue weighted by molar-refractivity contribution is -0.145. The summed E-state index contributed by atoms with van der Waals surface area (Å²) in [4.78, 5) is 25.6. The molecule has 22 heavy (non-hydrogen) atoms. The summed E-state index contributed by atoms with van der Waals surface area (Å²) in [5, 5.41) is 9.24. The van der Waals surface area contributed by atoms with E-state index in [1.165, 1.54) is 0 Å². The molecule has 1 heterocycles. The van der Waals surface area contributed by atoms with Crippen LogP contribution in [0.3, 0.4) is 0 Å². The fourth-order valence-electron chi connectivity index (χ4n) is 3.43. The second-order valence-corrected chi connectivity index (χ2v) is 6.23. The minimum absolute atomic E-state index is 0.105. The fraction of sp³-hybridized carbons (Fsp3) is 0.529. The van der Waals surface area contributed by atoms with Gasteiger partial charge in [0.1, 0.15) is 0 Å². The van der Waals surface area contributed by atoms with E-state index in [2.05, 4.69) is 0 Å². The average Bonchev–Trinajstić information content (AvgIpc) is 2.49. The number of amides is 1. The SMILES string of the molecule is COC1(CC(=O)N2CCc3c(cccc3C(=O)O)C2)CCC1. The number of carboxylic acid groups (broad SMARTS) is 1. The van der Waals surface area contributed by atoms with Crippen molar-refractivity contribution in [2.75, 3.05) is 13.7 Å². The number of benzene rings is 1. The van der Waals surface area contributed by atoms with E-state index in [4.69, 9.17) is 4.74 Å². The number of carboxylic acids is 1. The van der Waals surface area contributed by atoms with Crippen LogP contribution in [0.2, 0.25) is 0 Å². The molecule has 1 aliphatic heterocycles. The third-order valence-corrected chi connectivity index (χ3v) is 5.02. The van der Waals surface area contributed by atoms with Gasteiger partial charge in [-0.25, -0.2) is 4.79 Å². The predicted octanol–water partition coefficient (Wildman–Crippen LogP) is 2.23. The van der Waals surface area contributed by atoms with Crippen molar-refractivity contribution in [3.63, 3.8) is 0 Å². The van der Waals surface area contributed by atoms with Gasteiger partial charge in [-0.15, -0.1) is 0 Å². The van der Waals surface area contributed by atoms with E-state index >= 15 is 0 Å². The van der Waals surface area contributed by atoms with Crippen molar-refractivity contribution < 1.29 is 19.4 Å². The Morgan fingerprint density at radius 1 is 1.36 bits per heavy atom. The van der Waals surface area contributed by atoms with Crippen LogP contribution in [0.15, 0.2) is 18.2 Å². The van der Waals surface area contributed by atoms with Crippen LogP contribution in [0.5, 0.6) is 0 Å². The third kappa shape index (κ3) is 2.61. The number of nitrogens with zero attached hydrogens (tertiary/aromatic N) is 1. The van der Waals surface area contributed by atoms with E-state index in [-0.39, 0.29) is 11.5 Å². The molecule has 0 aromatic heterocycles. The molecule has 1 aliphatic carbocycles. The van der Waals surface area contributed by atoms with Crippen molar-refractivity contribution >= 4 is 11.9 Å². The molecule has 1 N–H and O–H groups in total. The summed E-state index contributed by atoms with van der Waals surface area (Å²) in [5.41, 5.74) is 1.90. The fourth-order valence-corrected chi connectivity index (χ4v) is 3.43. The van der Waals surface area contributed by atoms with Crippen LogP contribution < -0.4 is 0 Å². The number of hydrogen-bond acceptors (Lipinski definition) is 3. The summed E-state index contributed by atoms with van der Waals surface area (Å²) in [6.45, 7) is 1.07. The molecule has 0 atom stereocenters. The van der Waals surface area contributed by atoms with Crippen LogP contribution in [0.25, 0.3) is 0 Å². The zero-order valence-corrected chi connectivity index (χ0v) is 12.8. The highest BCUT2D eigenvalue weighted by Crippen LogP contribution is 2.38. The summed E-state index contributed by atoms with van der Waals surface area (Å²) in [6, 6.07) is 5.29. The van der Waals surface area contributed by atoms with Crippen LogP contribution in [-0.2, 0) is 22.5 Å². The largest absolute Gasteiger partial charge is 0.478 e. The number of hydrogen-bond donors (Lipinski definition) is 1. The Labute approximate surface area is 129 Å². The number of methoxy groups -OCH3 is 1. The molecule has 3 rings (SSSR count). The van der Waals surface area contributed by atoms with Crippen molar-refractivity contribution in [3.8, 4) is 0 Å². The van der Waals surface area contributed by atoms with E-state index in [0.29, 0.717) is 31.5 Å². The summed E-state index contributed by atoms with van der Waals surface area (Å²) in [5.74, 6) is -0.794. The number of fused-ring (bicyclic) bond motifs is 1. The zero-order chi connectivity index (χ0) is 15.7. The van der Waals surface area contributed by atoms with Gasteiger partial charge < -0.3 is 14.7 Å². The van der Waals surface area contributed by atoms with Crippen LogP contribution in [0, 0.1) is 0 Å². The Balaban J connectivity index is 1.73. The van der Waals surface area contributed by atoms with E-state index in [1.54, 1.807) is 19.2 Å². The Kier molecular flexibility index (Phi) is 3.91. The van der Waals surface area contributed by atoms with Crippen molar-refractivity contribution in [1.29, 1.82) is 0 Å². The summed E-state index contributed by atoms with van der Waals surface area (Å²) < 4.78 is 5.53. The van der Waals surface area contributed by atoms with E-state index in [9.17, 15) is 14.7 Å². The van der Waals surface area contributed by atoms with Gasteiger partial charge in [-0.3, -0.25) is 4.79 Å². The van der Waals surface area contributed by atoms with Gasteiger partial charge in [-0.1, -0.05) is 12.1 Å². The molecular weight excluding hydrogens is 282 g/mol. The number of ether oxygens (including phenoxy) is 1. The monoisotopic (exact) mass is 303 g/mol. The van der Waals surface area contributed by atoms with Gasteiger partial charge >= 0.3 is 5.97 Å². The molecule has 0 spiro atoms. The first-order valence-electron chi connectivity index (χ1n) is 7.72. The summed E-state index contributed by atoms with van der Waals surface area (Å²) in [6.07, 6.45) is 4.04. The van der Waals surface area contributed by atoms with Crippen LogP contribution in [-0.4, -0.2) is 41.1 Å². The molecule has 118 valence electrons. The second kappa shape index (κ2) is 5.72. The minimum Gasteiger partial charge on any atom is -0.478 e. The highest BCUT2D eigenvalue weighted by molar-refractivity contribution is 5.90. The molecule has 1 fully saturated rings. The summed E-state index contributed by atoms with van der Waals surface area (Å²) >= 11 is 0. The molecule has 1 saturated carbocycles. The molecule has 5 heteroatoms. The molecular formula is C17H21NO4. The first-order chi connectivity index (χ1) is 10.5. The van der Waals surface area contributed by atoms with Gasteiger partial charge in [-0.2, -0.15) is 0 Å². The van der Waals surface area contributed by atoms with Crippen LogP contribution in [0.1, 0.15) is 47.2 Å². The molecule has 1 aromatic carbocycles. The van der Waals surface area contributed by atoms with E-state index < -0.39 is 5.97 Å². The smallest absolute Gasteiger partial charge is 0.335 e. The van der Waals surface area contributed by atoms with Crippen LogP contribution >= 0.6 is 0 Å². The maximum atomic E-state index is 12.5. The van der Waals surface area contributed by atoms with Crippen molar-refractivity contribution in [1.82, 2.24) is 4.90 Å². The Hall–Kier alpha value is -1.88. The van der Waals surface area contributed by atoms with Gasteiger partial charge in [0.15, 0.2) is 0 Å². The maximum absolute atomic E-state index is 12.5. The molecule has 5 nitrogen and oxygen atoms in total. The standard InChI is InChI=1S/C17H21NO4/c1-22-17(7-3-8-17)10-15(19)18-9-6-13-12(11-18)4-2-5-14(13)16(20)21/h2,4-5H,3,6-11H2,1H3,(H,20,21). The van der Waals surface area contributed by atoms with Gasteiger partial charge in [0, 0.05) is 20.2 Å². The van der Waals surface area contributed by atoms with Gasteiger partial charge in [0.25, 0.3) is 0 Å². The lowest BCUT2D eigenvalue weighted by atomic mass is 9.77. The Morgan fingerprint density at radius 3 is 2.73 bits per heavy atom. The first-order valence-corrected chi connectivity index (χ1v) is 7.72. The van der Waals surface area contributed by atoms with Gasteiger partial charge in [-0.05, 0) is 42.9 Å². The number of rotatable bonds is 4. The summed E-state index contributed by atoms with van der Waals surface area (Å²) in [7, 11) is 1.68. The molecule has 1 amide bonds. The Morgan fingerprint density at radius 2 is 2.14 bits per heavy atom. The second-order valence-electron chi connectivity index (χ2n) is 6.23. The predicted molar refractivity (Wildman–Crippen MR) is 80.7 cm³/mol. The molecule has 0 bridgehead atoms. The van der Waals surface area contributed by atoms with Gasteiger partial charge in [0.05, 0.1) is 17.6 Å². The van der Waals surface area contributed by atoms with E-state index in [1.807, 2.05) is 11.0 Å². The molecule has 0 saturated heterocycles. The molecule has 0 radical (unpaired) electrons. The Bertz CT molecular complexity index is 601. The zero-order valence-electron chi connectivity index (χ0n) is 12.8. The minimum atomic E-state index is -0.899. The molecule has 0 unspecified atom stereocenters. The number of carbonyl (C=O) groups is 2. The third-order valence-electron chi connectivity index (χ3n) is 5.02. The van der Waals surface area contributed by atoms with Crippen molar-refractivity contribution in [2.45, 2.75) is 44.2 Å². The van der Waals surface area contributed by atoms with Gasteiger partial charge in [0.2, 0.25) is 5.91 Å². The lowest BCUT2D eigenvalue weighted by Gasteiger charge is -2.41. The highest BCUT2D eigenvalue weighted by atomic mass is 16.5. The van der Waals surface area contributed by atoms with Crippen molar-refractivity contribution in [3.05, 3.63) is 34.9 Å². The maximum Gasteiger partial charge on any atom is 0.335 e. The van der Waals surface area contributed by atoms with Crippen molar-refractivity contribution in [2.24, 2.45) is 0 Å². The molecule has 1 aromatic rings. The first kappa shape index (κ1) is 15.0. The quantitative estimate of drug-likeness (QED) is 0.926.